The van der Waals surface area contributed by atoms with Crippen LogP contribution in [0.1, 0.15) is 10.4 Å². The summed E-state index contributed by atoms with van der Waals surface area (Å²) in [5, 5.41) is 0. The van der Waals surface area contributed by atoms with Crippen molar-refractivity contribution in [1.82, 2.24) is 0 Å². The first-order chi connectivity index (χ1) is 9.63. The van der Waals surface area contributed by atoms with Crippen LogP contribution in [-0.4, -0.2) is 20.2 Å². The number of halogens is 1. The summed E-state index contributed by atoms with van der Waals surface area (Å²) in [4.78, 5) is 13.5. The second-order valence-electron chi connectivity index (χ2n) is 3.91. The zero-order valence-electron chi connectivity index (χ0n) is 11.1. The standard InChI is InChI=1S/C15H13BrO3S/c1-18-11-5-8-14(13(16)9-11)20-12-6-3-10(4-7-12)15(17)19-2/h3-9H,1-2H3. The molecular weight excluding hydrogens is 340 g/mol. The molecule has 2 aromatic rings. The highest BCUT2D eigenvalue weighted by molar-refractivity contribution is 9.10. The largest absolute Gasteiger partial charge is 0.497 e. The average molecular weight is 353 g/mol. The van der Waals surface area contributed by atoms with Gasteiger partial charge < -0.3 is 9.47 Å². The van der Waals surface area contributed by atoms with Crippen LogP contribution in [0.2, 0.25) is 0 Å². The lowest BCUT2D eigenvalue weighted by Gasteiger charge is -2.07. The Kier molecular flexibility index (Phi) is 5.09. The van der Waals surface area contributed by atoms with E-state index in [9.17, 15) is 4.79 Å². The molecule has 0 unspecified atom stereocenters. The van der Waals surface area contributed by atoms with Gasteiger partial charge in [-0.25, -0.2) is 4.79 Å². The lowest BCUT2D eigenvalue weighted by atomic mass is 10.2. The molecule has 0 aromatic heterocycles. The van der Waals surface area contributed by atoms with Gasteiger partial charge in [0.1, 0.15) is 5.75 Å². The van der Waals surface area contributed by atoms with E-state index in [1.807, 2.05) is 30.3 Å². The van der Waals surface area contributed by atoms with E-state index >= 15 is 0 Å². The number of methoxy groups -OCH3 is 2. The van der Waals surface area contributed by atoms with E-state index in [-0.39, 0.29) is 5.97 Å². The number of rotatable bonds is 4. The van der Waals surface area contributed by atoms with Crippen molar-refractivity contribution < 1.29 is 14.3 Å². The topological polar surface area (TPSA) is 35.5 Å². The number of ether oxygens (including phenoxy) is 2. The smallest absolute Gasteiger partial charge is 0.337 e. The van der Waals surface area contributed by atoms with Crippen LogP contribution in [0.4, 0.5) is 0 Å². The van der Waals surface area contributed by atoms with Gasteiger partial charge in [0.25, 0.3) is 0 Å². The van der Waals surface area contributed by atoms with Crippen LogP contribution in [0.5, 0.6) is 5.75 Å². The SMILES string of the molecule is COC(=O)c1ccc(Sc2ccc(OC)cc2Br)cc1. The third-order valence-electron chi connectivity index (χ3n) is 2.64. The van der Waals surface area contributed by atoms with Crippen LogP contribution in [0, 0.1) is 0 Å². The third kappa shape index (κ3) is 3.55. The summed E-state index contributed by atoms with van der Waals surface area (Å²) >= 11 is 5.13. The maximum atomic E-state index is 11.4. The van der Waals surface area contributed by atoms with E-state index < -0.39 is 0 Å². The molecule has 0 aliphatic rings. The molecule has 3 nitrogen and oxygen atoms in total. The first kappa shape index (κ1) is 14.9. The fourth-order valence-corrected chi connectivity index (χ4v) is 3.01. The Balaban J connectivity index is 2.16. The number of carbonyl (C=O) groups is 1. The van der Waals surface area contributed by atoms with Gasteiger partial charge in [-0.1, -0.05) is 11.8 Å². The van der Waals surface area contributed by atoms with Crippen molar-refractivity contribution in [2.75, 3.05) is 14.2 Å². The van der Waals surface area contributed by atoms with Crippen molar-refractivity contribution in [2.45, 2.75) is 9.79 Å². The minimum atomic E-state index is -0.327. The predicted octanol–water partition coefficient (Wildman–Crippen LogP) is 4.40. The lowest BCUT2D eigenvalue weighted by molar-refractivity contribution is 0.0600. The second kappa shape index (κ2) is 6.81. The normalized spacial score (nSPS) is 10.2. The summed E-state index contributed by atoms with van der Waals surface area (Å²) in [6.07, 6.45) is 0. The Labute approximate surface area is 130 Å². The van der Waals surface area contributed by atoms with Crippen molar-refractivity contribution in [3.05, 3.63) is 52.5 Å². The quantitative estimate of drug-likeness (QED) is 0.764. The summed E-state index contributed by atoms with van der Waals surface area (Å²) < 4.78 is 10.8. The predicted molar refractivity (Wildman–Crippen MR) is 82.6 cm³/mol. The van der Waals surface area contributed by atoms with Crippen molar-refractivity contribution in [1.29, 1.82) is 0 Å². The summed E-state index contributed by atoms with van der Waals surface area (Å²) in [5.41, 5.74) is 0.547. The summed E-state index contributed by atoms with van der Waals surface area (Å²) in [6.45, 7) is 0. The van der Waals surface area contributed by atoms with Gasteiger partial charge in [-0.2, -0.15) is 0 Å². The number of carbonyl (C=O) groups excluding carboxylic acids is 1. The molecule has 104 valence electrons. The maximum Gasteiger partial charge on any atom is 0.337 e. The van der Waals surface area contributed by atoms with E-state index in [1.165, 1.54) is 7.11 Å². The summed E-state index contributed by atoms with van der Waals surface area (Å²) in [5.74, 6) is 0.481. The molecule has 0 radical (unpaired) electrons. The van der Waals surface area contributed by atoms with Gasteiger partial charge in [-0.3, -0.25) is 0 Å². The molecule has 0 atom stereocenters. The fourth-order valence-electron chi connectivity index (χ4n) is 1.60. The molecule has 0 aliphatic carbocycles. The van der Waals surface area contributed by atoms with E-state index in [0.717, 1.165) is 20.0 Å². The molecule has 2 aromatic carbocycles. The van der Waals surface area contributed by atoms with E-state index in [1.54, 1.807) is 31.0 Å². The van der Waals surface area contributed by atoms with Gasteiger partial charge in [-0.05, 0) is 58.4 Å². The molecule has 0 spiro atoms. The monoisotopic (exact) mass is 352 g/mol. The minimum Gasteiger partial charge on any atom is -0.497 e. The zero-order valence-corrected chi connectivity index (χ0v) is 13.5. The van der Waals surface area contributed by atoms with Crippen molar-refractivity contribution >= 4 is 33.7 Å². The molecular formula is C15H13BrO3S. The van der Waals surface area contributed by atoms with E-state index in [4.69, 9.17) is 4.74 Å². The van der Waals surface area contributed by atoms with Gasteiger partial charge >= 0.3 is 5.97 Å². The van der Waals surface area contributed by atoms with Crippen LogP contribution < -0.4 is 4.74 Å². The van der Waals surface area contributed by atoms with Crippen LogP contribution >= 0.6 is 27.7 Å². The minimum absolute atomic E-state index is 0.327. The number of hydrogen-bond donors (Lipinski definition) is 0. The Morgan fingerprint density at radius 1 is 1.10 bits per heavy atom. The molecule has 0 amide bonds. The number of benzene rings is 2. The van der Waals surface area contributed by atoms with Gasteiger partial charge in [0.05, 0.1) is 19.8 Å². The molecule has 0 fully saturated rings. The van der Waals surface area contributed by atoms with Crippen molar-refractivity contribution in [3.63, 3.8) is 0 Å². The van der Waals surface area contributed by atoms with E-state index in [2.05, 4.69) is 20.7 Å². The van der Waals surface area contributed by atoms with Crippen molar-refractivity contribution in [2.24, 2.45) is 0 Å². The highest BCUT2D eigenvalue weighted by Gasteiger charge is 2.07. The lowest BCUT2D eigenvalue weighted by Crippen LogP contribution is -2.00. The van der Waals surface area contributed by atoms with Gasteiger partial charge in [0.2, 0.25) is 0 Å². The molecule has 0 aliphatic heterocycles. The van der Waals surface area contributed by atoms with Crippen LogP contribution in [-0.2, 0) is 4.74 Å². The Morgan fingerprint density at radius 2 is 1.80 bits per heavy atom. The molecule has 0 saturated heterocycles. The van der Waals surface area contributed by atoms with Crippen molar-refractivity contribution in [3.8, 4) is 5.75 Å². The molecule has 0 bridgehead atoms. The number of esters is 1. The first-order valence-electron chi connectivity index (χ1n) is 5.84. The molecule has 20 heavy (non-hydrogen) atoms. The Bertz CT molecular complexity index is 611. The van der Waals surface area contributed by atoms with Crippen LogP contribution in [0.25, 0.3) is 0 Å². The second-order valence-corrected chi connectivity index (χ2v) is 5.88. The zero-order chi connectivity index (χ0) is 14.5. The number of hydrogen-bond acceptors (Lipinski definition) is 4. The molecule has 2 rings (SSSR count). The fraction of sp³-hybridized carbons (Fsp3) is 0.133. The summed E-state index contributed by atoms with van der Waals surface area (Å²) in [6, 6.07) is 13.1. The summed E-state index contributed by atoms with van der Waals surface area (Å²) in [7, 11) is 3.01. The molecule has 0 N–H and O–H groups in total. The third-order valence-corrected chi connectivity index (χ3v) is 4.64. The Hall–Kier alpha value is -1.46. The maximum absolute atomic E-state index is 11.4. The molecule has 0 heterocycles. The van der Waals surface area contributed by atoms with Crippen LogP contribution in [0.15, 0.2) is 56.7 Å². The Morgan fingerprint density at radius 3 is 2.35 bits per heavy atom. The highest BCUT2D eigenvalue weighted by Crippen LogP contribution is 2.35. The van der Waals surface area contributed by atoms with E-state index in [0.29, 0.717) is 5.56 Å². The van der Waals surface area contributed by atoms with Crippen LogP contribution in [0.3, 0.4) is 0 Å². The molecule has 0 saturated carbocycles. The van der Waals surface area contributed by atoms with Gasteiger partial charge in [0, 0.05) is 14.3 Å². The highest BCUT2D eigenvalue weighted by atomic mass is 79.9. The first-order valence-corrected chi connectivity index (χ1v) is 7.44. The molecule has 5 heteroatoms. The van der Waals surface area contributed by atoms with Gasteiger partial charge in [0.15, 0.2) is 0 Å². The van der Waals surface area contributed by atoms with Gasteiger partial charge in [-0.15, -0.1) is 0 Å². The average Bonchev–Trinajstić information content (AvgIpc) is 2.49.